The summed E-state index contributed by atoms with van der Waals surface area (Å²) in [6, 6.07) is 11.3. The molecule has 0 atom stereocenters. The molecule has 0 saturated heterocycles. The standard InChI is InChI=1S/C17H10N2O2S/c1-9-7-8-18-12-11(9)14(20)16-13(15(12)21)19-17(22-16)10-5-3-2-4-6-10/h2-8H,1H3. The number of aryl methyl sites for hydroxylation is 1. The third-order valence-electron chi connectivity index (χ3n) is 3.67. The minimum absolute atomic E-state index is 0.158. The molecular formula is C17H10N2O2S. The number of carbonyl (C=O) groups excluding carboxylic acids is 2. The van der Waals surface area contributed by atoms with Gasteiger partial charge in [-0.15, -0.1) is 11.3 Å². The monoisotopic (exact) mass is 306 g/mol. The van der Waals surface area contributed by atoms with E-state index in [1.165, 1.54) is 11.3 Å². The third kappa shape index (κ3) is 1.76. The van der Waals surface area contributed by atoms with Gasteiger partial charge in [0.1, 0.15) is 21.3 Å². The number of aromatic nitrogens is 2. The normalized spacial score (nSPS) is 13.0. The van der Waals surface area contributed by atoms with Crippen LogP contribution < -0.4 is 0 Å². The molecule has 106 valence electrons. The largest absolute Gasteiger partial charge is 0.288 e. The maximum atomic E-state index is 12.7. The first-order valence-corrected chi connectivity index (χ1v) is 7.59. The second-order valence-electron chi connectivity index (χ2n) is 5.07. The first-order valence-electron chi connectivity index (χ1n) is 6.78. The number of hydrogen-bond donors (Lipinski definition) is 0. The minimum Gasteiger partial charge on any atom is -0.288 e. The van der Waals surface area contributed by atoms with Crippen LogP contribution in [-0.2, 0) is 0 Å². The number of ketones is 2. The number of carbonyl (C=O) groups is 2. The lowest BCUT2D eigenvalue weighted by molar-refractivity contribution is 0.0974. The van der Waals surface area contributed by atoms with E-state index in [2.05, 4.69) is 9.97 Å². The van der Waals surface area contributed by atoms with Gasteiger partial charge in [-0.3, -0.25) is 14.6 Å². The highest BCUT2D eigenvalue weighted by molar-refractivity contribution is 7.17. The third-order valence-corrected chi connectivity index (χ3v) is 4.77. The number of thiazole rings is 1. The summed E-state index contributed by atoms with van der Waals surface area (Å²) in [7, 11) is 0. The van der Waals surface area contributed by atoms with E-state index in [1.807, 2.05) is 37.3 Å². The van der Waals surface area contributed by atoms with Gasteiger partial charge in [-0.25, -0.2) is 4.98 Å². The van der Waals surface area contributed by atoms with Gasteiger partial charge in [0.05, 0.1) is 5.56 Å². The second-order valence-corrected chi connectivity index (χ2v) is 6.07. The summed E-state index contributed by atoms with van der Waals surface area (Å²) >= 11 is 1.26. The molecule has 0 amide bonds. The van der Waals surface area contributed by atoms with Crippen molar-refractivity contribution in [2.75, 3.05) is 0 Å². The molecule has 0 aliphatic heterocycles. The van der Waals surface area contributed by atoms with Gasteiger partial charge < -0.3 is 0 Å². The molecule has 0 spiro atoms. The van der Waals surface area contributed by atoms with Crippen LogP contribution in [0.15, 0.2) is 42.6 Å². The van der Waals surface area contributed by atoms with Crippen molar-refractivity contribution in [3.05, 3.63) is 70.0 Å². The fourth-order valence-corrected chi connectivity index (χ4v) is 3.59. The molecular weight excluding hydrogens is 296 g/mol. The van der Waals surface area contributed by atoms with E-state index in [9.17, 15) is 9.59 Å². The molecule has 3 aromatic rings. The Kier molecular flexibility index (Phi) is 2.77. The fourth-order valence-electron chi connectivity index (χ4n) is 2.57. The SMILES string of the molecule is Cc1ccnc2c1C(=O)c1sc(-c3ccccc3)nc1C2=O. The molecule has 0 bridgehead atoms. The van der Waals surface area contributed by atoms with Gasteiger partial charge >= 0.3 is 0 Å². The highest BCUT2D eigenvalue weighted by atomic mass is 32.1. The molecule has 1 aromatic carbocycles. The predicted molar refractivity (Wildman–Crippen MR) is 83.4 cm³/mol. The van der Waals surface area contributed by atoms with Crippen molar-refractivity contribution in [1.29, 1.82) is 0 Å². The van der Waals surface area contributed by atoms with E-state index in [4.69, 9.17) is 0 Å². The predicted octanol–water partition coefficient (Wildman–Crippen LogP) is 3.29. The van der Waals surface area contributed by atoms with Crippen molar-refractivity contribution in [1.82, 2.24) is 9.97 Å². The number of benzene rings is 1. The molecule has 5 heteroatoms. The molecule has 0 N–H and O–H groups in total. The zero-order chi connectivity index (χ0) is 15.3. The van der Waals surface area contributed by atoms with Gasteiger partial charge in [0.2, 0.25) is 11.6 Å². The molecule has 4 rings (SSSR count). The van der Waals surface area contributed by atoms with Crippen LogP contribution in [0.25, 0.3) is 10.6 Å². The quantitative estimate of drug-likeness (QED) is 0.541. The Labute approximate surface area is 130 Å². The molecule has 0 fully saturated rings. The number of pyridine rings is 1. The van der Waals surface area contributed by atoms with E-state index < -0.39 is 0 Å². The van der Waals surface area contributed by atoms with E-state index in [1.54, 1.807) is 12.3 Å². The van der Waals surface area contributed by atoms with E-state index in [0.717, 1.165) is 11.1 Å². The maximum absolute atomic E-state index is 12.7. The summed E-state index contributed by atoms with van der Waals surface area (Å²) < 4.78 is 0. The first-order chi connectivity index (χ1) is 10.7. The van der Waals surface area contributed by atoms with E-state index in [-0.39, 0.29) is 23.0 Å². The molecule has 4 nitrogen and oxygen atoms in total. The topological polar surface area (TPSA) is 59.9 Å². The number of fused-ring (bicyclic) bond motifs is 2. The Hall–Kier alpha value is -2.66. The molecule has 1 aliphatic rings. The average Bonchev–Trinajstić information content (AvgIpc) is 2.99. The highest BCUT2D eigenvalue weighted by Crippen LogP contribution is 2.35. The molecule has 0 unspecified atom stereocenters. The van der Waals surface area contributed by atoms with Crippen LogP contribution in [0, 0.1) is 6.92 Å². The molecule has 2 aromatic heterocycles. The summed E-state index contributed by atoms with van der Waals surface area (Å²) in [5.74, 6) is -0.429. The molecule has 0 radical (unpaired) electrons. The Morgan fingerprint density at radius 3 is 2.50 bits per heavy atom. The second kappa shape index (κ2) is 4.68. The fraction of sp³-hybridized carbons (Fsp3) is 0.0588. The van der Waals surface area contributed by atoms with Crippen molar-refractivity contribution in [3.63, 3.8) is 0 Å². The van der Waals surface area contributed by atoms with Crippen LogP contribution in [0.3, 0.4) is 0 Å². The zero-order valence-electron chi connectivity index (χ0n) is 11.7. The van der Waals surface area contributed by atoms with Gasteiger partial charge in [0.15, 0.2) is 0 Å². The Morgan fingerprint density at radius 2 is 1.73 bits per heavy atom. The first kappa shape index (κ1) is 13.0. The number of hydrogen-bond acceptors (Lipinski definition) is 5. The van der Waals surface area contributed by atoms with E-state index >= 15 is 0 Å². The number of nitrogens with zero attached hydrogens (tertiary/aromatic N) is 2. The molecule has 0 saturated carbocycles. The maximum Gasteiger partial charge on any atom is 0.232 e. The lowest BCUT2D eigenvalue weighted by Crippen LogP contribution is -2.22. The van der Waals surface area contributed by atoms with Crippen LogP contribution >= 0.6 is 11.3 Å². The molecule has 1 aliphatic carbocycles. The summed E-state index contributed by atoms with van der Waals surface area (Å²) in [6.07, 6.45) is 1.55. The number of rotatable bonds is 1. The lowest BCUT2D eigenvalue weighted by atomic mass is 9.92. The smallest absolute Gasteiger partial charge is 0.232 e. The Morgan fingerprint density at radius 1 is 0.955 bits per heavy atom. The summed E-state index contributed by atoms with van der Waals surface area (Å²) in [5, 5.41) is 0.678. The zero-order valence-corrected chi connectivity index (χ0v) is 12.5. The van der Waals surface area contributed by atoms with Crippen molar-refractivity contribution >= 4 is 22.9 Å². The van der Waals surface area contributed by atoms with Crippen molar-refractivity contribution in [2.24, 2.45) is 0 Å². The van der Waals surface area contributed by atoms with Gasteiger partial charge in [-0.05, 0) is 18.6 Å². The summed E-state index contributed by atoms with van der Waals surface area (Å²) in [5.41, 5.74) is 2.50. The van der Waals surface area contributed by atoms with Crippen molar-refractivity contribution in [3.8, 4) is 10.6 Å². The Bertz CT molecular complexity index is 929. The minimum atomic E-state index is -0.272. The Balaban J connectivity index is 1.93. The van der Waals surface area contributed by atoms with Gasteiger partial charge in [-0.1, -0.05) is 30.3 Å². The summed E-state index contributed by atoms with van der Waals surface area (Å²) in [6.45, 7) is 1.82. The average molecular weight is 306 g/mol. The van der Waals surface area contributed by atoms with Crippen molar-refractivity contribution < 1.29 is 9.59 Å². The van der Waals surface area contributed by atoms with E-state index in [0.29, 0.717) is 15.4 Å². The highest BCUT2D eigenvalue weighted by Gasteiger charge is 2.35. The summed E-state index contributed by atoms with van der Waals surface area (Å²) in [4.78, 5) is 34.2. The molecule has 2 heterocycles. The lowest BCUT2D eigenvalue weighted by Gasteiger charge is -2.13. The van der Waals surface area contributed by atoms with Crippen LogP contribution in [0.2, 0.25) is 0 Å². The van der Waals surface area contributed by atoms with Crippen molar-refractivity contribution in [2.45, 2.75) is 6.92 Å². The van der Waals surface area contributed by atoms with Crippen LogP contribution in [0.4, 0.5) is 0 Å². The van der Waals surface area contributed by atoms with Gasteiger partial charge in [-0.2, -0.15) is 0 Å². The van der Waals surface area contributed by atoms with Crippen LogP contribution in [0.5, 0.6) is 0 Å². The van der Waals surface area contributed by atoms with Crippen LogP contribution in [-0.4, -0.2) is 21.5 Å². The van der Waals surface area contributed by atoms with Crippen LogP contribution in [0.1, 0.15) is 37.0 Å². The van der Waals surface area contributed by atoms with Gasteiger partial charge in [0.25, 0.3) is 0 Å². The van der Waals surface area contributed by atoms with Gasteiger partial charge in [0, 0.05) is 11.8 Å². The molecule has 22 heavy (non-hydrogen) atoms.